The van der Waals surface area contributed by atoms with Gasteiger partial charge in [0.05, 0.1) is 12.1 Å². The second-order valence-electron chi connectivity index (χ2n) is 8.09. The summed E-state index contributed by atoms with van der Waals surface area (Å²) in [6.07, 6.45) is -1.77. The van der Waals surface area contributed by atoms with Crippen molar-refractivity contribution in [1.29, 1.82) is 0 Å². The number of alkyl halides is 3. The van der Waals surface area contributed by atoms with Gasteiger partial charge < -0.3 is 5.32 Å². The fourth-order valence-electron chi connectivity index (χ4n) is 4.16. The molecule has 1 aromatic carbocycles. The minimum absolute atomic E-state index is 0.0970. The fraction of sp³-hybridized carbons (Fsp3) is 0.409. The number of para-hydroxylation sites is 1. The van der Waals surface area contributed by atoms with Gasteiger partial charge in [-0.15, -0.1) is 10.2 Å². The zero-order valence-electron chi connectivity index (χ0n) is 17.4. The summed E-state index contributed by atoms with van der Waals surface area (Å²) in [6.45, 7) is 5.41. The molecule has 0 radical (unpaired) electrons. The fourth-order valence-corrected chi connectivity index (χ4v) is 4.16. The molecule has 1 saturated heterocycles. The van der Waals surface area contributed by atoms with Gasteiger partial charge in [0, 0.05) is 24.3 Å². The summed E-state index contributed by atoms with van der Waals surface area (Å²) in [5.41, 5.74) is 2.47. The summed E-state index contributed by atoms with van der Waals surface area (Å²) in [6, 6.07) is 8.19. The zero-order chi connectivity index (χ0) is 22.2. The van der Waals surface area contributed by atoms with Crippen LogP contribution in [0.25, 0.3) is 5.65 Å². The number of carbonyl (C=O) groups excluding carboxylic acids is 1. The lowest BCUT2D eigenvalue weighted by Gasteiger charge is -2.31. The van der Waals surface area contributed by atoms with E-state index in [1.54, 1.807) is 0 Å². The number of aromatic nitrogens is 3. The Labute approximate surface area is 178 Å². The van der Waals surface area contributed by atoms with Gasteiger partial charge in [0.15, 0.2) is 5.65 Å². The number of piperidine rings is 1. The number of pyridine rings is 1. The first-order valence-electron chi connectivity index (χ1n) is 10.2. The molecule has 9 heteroatoms. The number of benzene rings is 1. The third kappa shape index (κ3) is 4.56. The maximum absolute atomic E-state index is 13.1. The molecule has 2 aromatic heterocycles. The van der Waals surface area contributed by atoms with Crippen LogP contribution in [0.3, 0.4) is 0 Å². The number of likely N-dealkylation sites (tertiary alicyclic amines) is 1. The molecular formula is C22H24F3N5O. The third-order valence-corrected chi connectivity index (χ3v) is 5.74. The summed E-state index contributed by atoms with van der Waals surface area (Å²) in [5.74, 6) is 0.296. The molecule has 1 amide bonds. The topological polar surface area (TPSA) is 62.5 Å². The lowest BCUT2D eigenvalue weighted by Crippen LogP contribution is -2.40. The minimum atomic E-state index is -4.43. The maximum atomic E-state index is 13.1. The van der Waals surface area contributed by atoms with Crippen molar-refractivity contribution in [3.63, 3.8) is 0 Å². The first-order chi connectivity index (χ1) is 14.7. The predicted molar refractivity (Wildman–Crippen MR) is 111 cm³/mol. The number of nitrogens with one attached hydrogen (secondary N) is 1. The van der Waals surface area contributed by atoms with Crippen molar-refractivity contribution in [1.82, 2.24) is 19.5 Å². The summed E-state index contributed by atoms with van der Waals surface area (Å²) in [7, 11) is 0. The van der Waals surface area contributed by atoms with Crippen molar-refractivity contribution >= 4 is 17.2 Å². The van der Waals surface area contributed by atoms with Gasteiger partial charge in [-0.1, -0.05) is 18.2 Å². The number of amides is 1. The zero-order valence-corrected chi connectivity index (χ0v) is 17.4. The number of hydrogen-bond donors (Lipinski definition) is 1. The Morgan fingerprint density at radius 1 is 1.16 bits per heavy atom. The Hall–Kier alpha value is -2.94. The van der Waals surface area contributed by atoms with Crippen LogP contribution in [0.1, 0.15) is 41.3 Å². The van der Waals surface area contributed by atoms with Gasteiger partial charge in [-0.2, -0.15) is 13.2 Å². The van der Waals surface area contributed by atoms with Gasteiger partial charge >= 0.3 is 6.18 Å². The largest absolute Gasteiger partial charge is 0.417 e. The smallest absolute Gasteiger partial charge is 0.324 e. The molecule has 1 unspecified atom stereocenters. The lowest BCUT2D eigenvalue weighted by atomic mass is 9.97. The third-order valence-electron chi connectivity index (χ3n) is 5.74. The average Bonchev–Trinajstić information content (AvgIpc) is 3.14. The Morgan fingerprint density at radius 2 is 1.90 bits per heavy atom. The van der Waals surface area contributed by atoms with Crippen molar-refractivity contribution in [2.45, 2.75) is 38.8 Å². The molecule has 3 heterocycles. The lowest BCUT2D eigenvalue weighted by molar-refractivity contribution is -0.137. The number of carbonyl (C=O) groups is 1. The molecule has 31 heavy (non-hydrogen) atoms. The SMILES string of the molecule is Cc1cccc(C)c1NC(=O)CN1CCCC(c2nnc3ccc(C(F)(F)F)cn23)C1. The number of aryl methyl sites for hydroxylation is 2. The number of rotatable bonds is 4. The molecule has 4 rings (SSSR count). The molecule has 0 bridgehead atoms. The molecule has 3 aromatic rings. The summed E-state index contributed by atoms with van der Waals surface area (Å²) < 4.78 is 40.8. The van der Waals surface area contributed by atoms with E-state index < -0.39 is 11.7 Å². The minimum Gasteiger partial charge on any atom is -0.324 e. The highest BCUT2D eigenvalue weighted by Crippen LogP contribution is 2.31. The van der Waals surface area contributed by atoms with E-state index in [2.05, 4.69) is 15.5 Å². The normalized spacial score (nSPS) is 17.8. The Kier molecular flexibility index (Phi) is 5.70. The van der Waals surface area contributed by atoms with Gasteiger partial charge in [-0.05, 0) is 56.5 Å². The van der Waals surface area contributed by atoms with Crippen LogP contribution in [-0.4, -0.2) is 45.0 Å². The highest BCUT2D eigenvalue weighted by molar-refractivity contribution is 5.93. The Morgan fingerprint density at radius 3 is 2.61 bits per heavy atom. The highest BCUT2D eigenvalue weighted by Gasteiger charge is 2.32. The molecule has 1 fully saturated rings. The number of hydrogen-bond acceptors (Lipinski definition) is 4. The van der Waals surface area contributed by atoms with Crippen molar-refractivity contribution in [2.24, 2.45) is 0 Å². The van der Waals surface area contributed by atoms with E-state index in [1.807, 2.05) is 36.9 Å². The average molecular weight is 431 g/mol. The van der Waals surface area contributed by atoms with E-state index in [9.17, 15) is 18.0 Å². The van der Waals surface area contributed by atoms with E-state index in [0.717, 1.165) is 48.5 Å². The molecule has 1 aliphatic heterocycles. The van der Waals surface area contributed by atoms with Crippen LogP contribution < -0.4 is 5.32 Å². The Balaban J connectivity index is 1.48. The standard InChI is InChI=1S/C22H24F3N5O/c1-14-5-3-6-15(2)20(14)26-19(31)13-29-10-4-7-16(11-29)21-28-27-18-9-8-17(12-30(18)21)22(23,24)25/h3,5-6,8-9,12,16H,4,7,10-11,13H2,1-2H3,(H,26,31). The van der Waals surface area contributed by atoms with Gasteiger partial charge in [0.1, 0.15) is 5.82 Å². The molecular weight excluding hydrogens is 407 g/mol. The number of halogens is 3. The van der Waals surface area contributed by atoms with Crippen LogP contribution in [0, 0.1) is 13.8 Å². The van der Waals surface area contributed by atoms with Gasteiger partial charge in [-0.25, -0.2) is 0 Å². The first-order valence-corrected chi connectivity index (χ1v) is 10.2. The van der Waals surface area contributed by atoms with E-state index in [-0.39, 0.29) is 18.4 Å². The van der Waals surface area contributed by atoms with E-state index in [1.165, 1.54) is 10.5 Å². The van der Waals surface area contributed by atoms with Crippen LogP contribution in [0.4, 0.5) is 18.9 Å². The quantitative estimate of drug-likeness (QED) is 0.673. The van der Waals surface area contributed by atoms with E-state index >= 15 is 0 Å². The summed E-state index contributed by atoms with van der Waals surface area (Å²) in [5, 5.41) is 11.2. The van der Waals surface area contributed by atoms with Gasteiger partial charge in [0.25, 0.3) is 0 Å². The molecule has 164 valence electrons. The van der Waals surface area contributed by atoms with Gasteiger partial charge in [-0.3, -0.25) is 14.1 Å². The van der Waals surface area contributed by atoms with Crippen molar-refractivity contribution in [3.05, 3.63) is 59.0 Å². The molecule has 1 N–H and O–H groups in total. The van der Waals surface area contributed by atoms with Crippen molar-refractivity contribution in [2.75, 3.05) is 25.0 Å². The van der Waals surface area contributed by atoms with E-state index in [0.29, 0.717) is 18.0 Å². The van der Waals surface area contributed by atoms with Crippen LogP contribution in [-0.2, 0) is 11.0 Å². The summed E-state index contributed by atoms with van der Waals surface area (Å²) in [4.78, 5) is 14.7. The molecule has 0 spiro atoms. The molecule has 1 atom stereocenters. The van der Waals surface area contributed by atoms with Crippen LogP contribution in [0.5, 0.6) is 0 Å². The van der Waals surface area contributed by atoms with Crippen LogP contribution >= 0.6 is 0 Å². The van der Waals surface area contributed by atoms with Crippen LogP contribution in [0.2, 0.25) is 0 Å². The second-order valence-corrected chi connectivity index (χ2v) is 8.09. The monoisotopic (exact) mass is 431 g/mol. The predicted octanol–water partition coefficient (Wildman–Crippen LogP) is 4.18. The molecule has 0 aliphatic carbocycles. The van der Waals surface area contributed by atoms with Crippen molar-refractivity contribution in [3.8, 4) is 0 Å². The second kappa shape index (κ2) is 8.30. The van der Waals surface area contributed by atoms with Gasteiger partial charge in [0.2, 0.25) is 5.91 Å². The van der Waals surface area contributed by atoms with E-state index in [4.69, 9.17) is 0 Å². The number of nitrogens with zero attached hydrogens (tertiary/aromatic N) is 4. The molecule has 6 nitrogen and oxygen atoms in total. The van der Waals surface area contributed by atoms with Crippen LogP contribution in [0.15, 0.2) is 36.5 Å². The Bertz CT molecular complexity index is 1090. The number of anilines is 1. The number of fused-ring (bicyclic) bond motifs is 1. The molecule has 1 aliphatic rings. The maximum Gasteiger partial charge on any atom is 0.417 e. The highest BCUT2D eigenvalue weighted by atomic mass is 19.4. The summed E-state index contributed by atoms with van der Waals surface area (Å²) >= 11 is 0. The first kappa shape index (κ1) is 21.3. The van der Waals surface area contributed by atoms with Crippen molar-refractivity contribution < 1.29 is 18.0 Å². The molecule has 0 saturated carbocycles.